The molecule has 4 rings (SSSR count). The molecule has 5 heteroatoms. The lowest BCUT2D eigenvalue weighted by Crippen LogP contribution is -2.38. The van der Waals surface area contributed by atoms with E-state index in [1.54, 1.807) is 26.6 Å². The van der Waals surface area contributed by atoms with E-state index in [-0.39, 0.29) is 5.91 Å². The molecule has 1 saturated heterocycles. The summed E-state index contributed by atoms with van der Waals surface area (Å²) >= 11 is 0. The second-order valence-corrected chi connectivity index (χ2v) is 8.29. The molecule has 2 heterocycles. The van der Waals surface area contributed by atoms with Crippen LogP contribution < -0.4 is 9.47 Å². The Morgan fingerprint density at radius 1 is 1.16 bits per heavy atom. The lowest BCUT2D eigenvalue weighted by atomic mass is 9.98. The average molecular weight is 420 g/mol. The lowest BCUT2D eigenvalue weighted by molar-refractivity contribution is -0.127. The van der Waals surface area contributed by atoms with Gasteiger partial charge in [-0.25, -0.2) is 0 Å². The van der Waals surface area contributed by atoms with Crippen LogP contribution in [0.25, 0.3) is 27.7 Å². The Morgan fingerprint density at radius 2 is 1.94 bits per heavy atom. The summed E-state index contributed by atoms with van der Waals surface area (Å²) in [5.74, 6) is 2.11. The molecule has 1 aromatic heterocycles. The van der Waals surface area contributed by atoms with Crippen LogP contribution in [0, 0.1) is 5.92 Å². The fraction of sp³-hybridized carbons (Fsp3) is 0.346. The number of likely N-dealkylation sites (tertiary alicyclic amines) is 1. The van der Waals surface area contributed by atoms with Crippen molar-refractivity contribution in [3.05, 3.63) is 54.3 Å². The van der Waals surface area contributed by atoms with E-state index in [0.717, 1.165) is 58.5 Å². The Bertz CT molecular complexity index is 1110. The Morgan fingerprint density at radius 3 is 2.61 bits per heavy atom. The molecule has 3 aromatic rings. The van der Waals surface area contributed by atoms with Crippen LogP contribution in [0.3, 0.4) is 0 Å². The monoisotopic (exact) mass is 419 g/mol. The van der Waals surface area contributed by atoms with E-state index in [4.69, 9.17) is 13.9 Å². The average Bonchev–Trinajstić information content (AvgIpc) is 3.21. The van der Waals surface area contributed by atoms with E-state index in [0.29, 0.717) is 11.7 Å². The van der Waals surface area contributed by atoms with Crippen molar-refractivity contribution in [1.82, 2.24) is 4.90 Å². The largest absolute Gasteiger partial charge is 0.497 e. The molecule has 1 aliphatic rings. The van der Waals surface area contributed by atoms with Crippen LogP contribution >= 0.6 is 0 Å². The van der Waals surface area contributed by atoms with Crippen molar-refractivity contribution in [3.8, 4) is 22.6 Å². The second kappa shape index (κ2) is 8.88. The molecule has 162 valence electrons. The van der Waals surface area contributed by atoms with Gasteiger partial charge in [-0.3, -0.25) is 4.79 Å². The maximum Gasteiger partial charge on any atom is 0.246 e. The number of nitrogens with zero attached hydrogens (tertiary/aromatic N) is 1. The van der Waals surface area contributed by atoms with Gasteiger partial charge in [0.2, 0.25) is 5.91 Å². The molecule has 0 spiro atoms. The van der Waals surface area contributed by atoms with Gasteiger partial charge in [-0.05, 0) is 55.0 Å². The van der Waals surface area contributed by atoms with Gasteiger partial charge in [0.25, 0.3) is 0 Å². The van der Waals surface area contributed by atoms with Gasteiger partial charge in [0.15, 0.2) is 0 Å². The highest BCUT2D eigenvalue weighted by atomic mass is 16.5. The molecule has 0 radical (unpaired) electrons. The summed E-state index contributed by atoms with van der Waals surface area (Å²) in [4.78, 5) is 14.8. The standard InChI is InChI=1S/C26H29NO4/c1-17-6-5-11-27(15-17)26(28)12-18(2)21-13-22-23(16-31-25(22)14-24(21)30-4)19-7-9-20(29-3)10-8-19/h7-10,12-14,16-17H,5-6,11,15H2,1-4H3/b18-12+. The van der Waals surface area contributed by atoms with Crippen LogP contribution in [0.2, 0.25) is 0 Å². The van der Waals surface area contributed by atoms with Gasteiger partial charge in [0, 0.05) is 41.7 Å². The number of amides is 1. The minimum atomic E-state index is 0.0637. The summed E-state index contributed by atoms with van der Waals surface area (Å²) in [6, 6.07) is 11.8. The van der Waals surface area contributed by atoms with Crippen LogP contribution in [-0.4, -0.2) is 38.1 Å². The van der Waals surface area contributed by atoms with E-state index < -0.39 is 0 Å². The molecule has 1 fully saturated rings. The van der Waals surface area contributed by atoms with Crippen LogP contribution in [0.5, 0.6) is 11.5 Å². The van der Waals surface area contributed by atoms with Gasteiger partial charge in [0.05, 0.1) is 20.5 Å². The first-order valence-corrected chi connectivity index (χ1v) is 10.7. The third-order valence-electron chi connectivity index (χ3n) is 6.03. The Labute approximate surface area is 183 Å². The number of hydrogen-bond donors (Lipinski definition) is 0. The number of methoxy groups -OCH3 is 2. The van der Waals surface area contributed by atoms with Gasteiger partial charge in [0.1, 0.15) is 17.1 Å². The highest BCUT2D eigenvalue weighted by molar-refractivity contribution is 6.00. The number of rotatable bonds is 5. The molecule has 2 aromatic carbocycles. The summed E-state index contributed by atoms with van der Waals surface area (Å²) in [6.45, 7) is 5.81. The molecule has 1 aliphatic heterocycles. The number of furan rings is 1. The Hall–Kier alpha value is -3.21. The van der Waals surface area contributed by atoms with Crippen LogP contribution in [0.15, 0.2) is 53.2 Å². The van der Waals surface area contributed by atoms with Crippen molar-refractivity contribution in [2.45, 2.75) is 26.7 Å². The molecule has 0 N–H and O–H groups in total. The van der Waals surface area contributed by atoms with E-state index >= 15 is 0 Å². The Balaban J connectivity index is 1.71. The van der Waals surface area contributed by atoms with Crippen LogP contribution in [0.4, 0.5) is 0 Å². The zero-order valence-corrected chi connectivity index (χ0v) is 18.6. The summed E-state index contributed by atoms with van der Waals surface area (Å²) < 4.78 is 16.7. The van der Waals surface area contributed by atoms with Crippen molar-refractivity contribution in [3.63, 3.8) is 0 Å². The highest BCUT2D eigenvalue weighted by Crippen LogP contribution is 2.37. The number of ether oxygens (including phenoxy) is 2. The first kappa shape index (κ1) is 21.0. The fourth-order valence-corrected chi connectivity index (χ4v) is 4.27. The van der Waals surface area contributed by atoms with Crippen molar-refractivity contribution in [2.75, 3.05) is 27.3 Å². The lowest BCUT2D eigenvalue weighted by Gasteiger charge is -2.30. The topological polar surface area (TPSA) is 51.9 Å². The number of hydrogen-bond acceptors (Lipinski definition) is 4. The molecular formula is C26H29NO4. The fourth-order valence-electron chi connectivity index (χ4n) is 4.27. The van der Waals surface area contributed by atoms with Gasteiger partial charge < -0.3 is 18.8 Å². The van der Waals surface area contributed by atoms with Crippen molar-refractivity contribution in [1.29, 1.82) is 0 Å². The number of benzene rings is 2. The summed E-state index contributed by atoms with van der Waals surface area (Å²) in [7, 11) is 3.29. The van der Waals surface area contributed by atoms with Gasteiger partial charge >= 0.3 is 0 Å². The van der Waals surface area contributed by atoms with Crippen molar-refractivity contribution >= 4 is 22.4 Å². The minimum absolute atomic E-state index is 0.0637. The third kappa shape index (κ3) is 4.31. The first-order chi connectivity index (χ1) is 15.0. The number of carbonyl (C=O) groups is 1. The summed E-state index contributed by atoms with van der Waals surface area (Å²) in [5.41, 5.74) is 4.55. The Kier molecular flexibility index (Phi) is 6.03. The third-order valence-corrected chi connectivity index (χ3v) is 6.03. The smallest absolute Gasteiger partial charge is 0.246 e. The van der Waals surface area contributed by atoms with E-state index in [9.17, 15) is 4.79 Å². The highest BCUT2D eigenvalue weighted by Gasteiger charge is 2.21. The normalized spacial score (nSPS) is 17.1. The number of fused-ring (bicyclic) bond motifs is 1. The zero-order valence-electron chi connectivity index (χ0n) is 18.6. The predicted octanol–water partition coefficient (Wildman–Crippen LogP) is 5.78. The van der Waals surface area contributed by atoms with Crippen LogP contribution in [0.1, 0.15) is 32.3 Å². The second-order valence-electron chi connectivity index (χ2n) is 8.29. The van der Waals surface area contributed by atoms with Crippen molar-refractivity contribution in [2.24, 2.45) is 5.92 Å². The van der Waals surface area contributed by atoms with Crippen molar-refractivity contribution < 1.29 is 18.7 Å². The van der Waals surface area contributed by atoms with Gasteiger partial charge in [-0.1, -0.05) is 19.1 Å². The van der Waals surface area contributed by atoms with E-state index in [1.807, 2.05) is 42.2 Å². The number of carbonyl (C=O) groups excluding carboxylic acids is 1. The first-order valence-electron chi connectivity index (χ1n) is 10.7. The number of piperidine rings is 1. The molecule has 5 nitrogen and oxygen atoms in total. The SMILES string of the molecule is COc1ccc(-c2coc3cc(OC)c(/C(C)=C/C(=O)N4CCCC(C)C4)cc23)cc1. The quantitative estimate of drug-likeness (QED) is 0.492. The van der Waals surface area contributed by atoms with E-state index in [2.05, 4.69) is 13.0 Å². The molecule has 0 saturated carbocycles. The number of allylic oxidation sites excluding steroid dienone is 1. The molecule has 31 heavy (non-hydrogen) atoms. The summed E-state index contributed by atoms with van der Waals surface area (Å²) in [6.07, 6.45) is 5.74. The summed E-state index contributed by atoms with van der Waals surface area (Å²) in [5, 5.41) is 0.979. The zero-order chi connectivity index (χ0) is 22.0. The van der Waals surface area contributed by atoms with Gasteiger partial charge in [-0.2, -0.15) is 0 Å². The molecular weight excluding hydrogens is 390 g/mol. The van der Waals surface area contributed by atoms with Crippen LogP contribution in [-0.2, 0) is 4.79 Å². The predicted molar refractivity (Wildman–Crippen MR) is 123 cm³/mol. The maximum absolute atomic E-state index is 12.9. The molecule has 1 atom stereocenters. The molecule has 0 bridgehead atoms. The molecule has 1 amide bonds. The van der Waals surface area contributed by atoms with Gasteiger partial charge in [-0.15, -0.1) is 0 Å². The molecule has 0 aliphatic carbocycles. The molecule has 1 unspecified atom stereocenters. The van der Waals surface area contributed by atoms with E-state index in [1.165, 1.54) is 6.42 Å². The minimum Gasteiger partial charge on any atom is -0.497 e. The maximum atomic E-state index is 12.9.